The summed E-state index contributed by atoms with van der Waals surface area (Å²) in [6.07, 6.45) is 6.48. The van der Waals surface area contributed by atoms with E-state index in [2.05, 4.69) is 157 Å². The zero-order valence-corrected chi connectivity index (χ0v) is 25.7. The van der Waals surface area contributed by atoms with Gasteiger partial charge in [0.15, 0.2) is 0 Å². The normalized spacial score (nSPS) is 12.9. The molecule has 4 heterocycles. The number of aromatic nitrogens is 5. The van der Waals surface area contributed by atoms with Crippen molar-refractivity contribution in [2.45, 2.75) is 27.7 Å². The average Bonchev–Trinajstić information content (AvgIpc) is 3.62. The van der Waals surface area contributed by atoms with Crippen molar-refractivity contribution in [3.05, 3.63) is 132 Å². The summed E-state index contributed by atoms with van der Waals surface area (Å²) in [5.74, 6) is 0. The predicted molar refractivity (Wildman–Crippen MR) is 187 cm³/mol. The molecular weight excluding hydrogens is 550 g/mol. The fourth-order valence-corrected chi connectivity index (χ4v) is 7.48. The van der Waals surface area contributed by atoms with E-state index in [1.807, 2.05) is 0 Å². The molecule has 0 amide bonds. The lowest BCUT2D eigenvalue weighted by Crippen LogP contribution is -2.12. The van der Waals surface area contributed by atoms with Crippen LogP contribution in [0.2, 0.25) is 0 Å². The Bertz CT molecular complexity index is 2610. The number of benzene rings is 5. The minimum Gasteiger partial charge on any atom is -0.302 e. The first kappa shape index (κ1) is 25.8. The number of allylic oxidation sites excluding steroid dienone is 4. The van der Waals surface area contributed by atoms with E-state index in [1.165, 1.54) is 33.0 Å². The third-order valence-electron chi connectivity index (χ3n) is 9.35. The van der Waals surface area contributed by atoms with Crippen molar-refractivity contribution in [3.8, 4) is 27.9 Å². The van der Waals surface area contributed by atoms with E-state index in [0.29, 0.717) is 0 Å². The van der Waals surface area contributed by atoms with Crippen molar-refractivity contribution in [3.63, 3.8) is 0 Å². The summed E-state index contributed by atoms with van der Waals surface area (Å²) in [6, 6.07) is 34.9. The largest absolute Gasteiger partial charge is 0.302 e. The lowest BCUT2D eigenvalue weighted by Gasteiger charge is -2.24. The number of fused-ring (bicyclic) bond motifs is 4. The van der Waals surface area contributed by atoms with Gasteiger partial charge in [0.1, 0.15) is 0 Å². The van der Waals surface area contributed by atoms with Gasteiger partial charge in [0.05, 0.1) is 50.2 Å². The van der Waals surface area contributed by atoms with Crippen LogP contribution in [0, 0.1) is 13.8 Å². The third kappa shape index (κ3) is 3.43. The van der Waals surface area contributed by atoms with Crippen LogP contribution in [-0.2, 0) is 0 Å². The number of rotatable bonds is 4. The standard InChI is InChI=1S/C40H31N5/c1-5-13-26(6-2)30-18-20-32-39-36(30)24(3)41-44(39)34-22-29(27-14-9-7-10-15-27)23-35-38(34)43(32)33-21-19-31(28-16-11-8-12-17-28)37-25(4)42-45(35)40(33)37/h5-23H,1-4H3/b13-5-,26-6+. The maximum absolute atomic E-state index is 5.24. The van der Waals surface area contributed by atoms with Crippen molar-refractivity contribution in [2.24, 2.45) is 0 Å². The van der Waals surface area contributed by atoms with Crippen molar-refractivity contribution in [1.29, 1.82) is 0 Å². The lowest BCUT2D eigenvalue weighted by molar-refractivity contribution is 0.929. The van der Waals surface area contributed by atoms with Crippen LogP contribution < -0.4 is 0 Å². The summed E-state index contributed by atoms with van der Waals surface area (Å²) < 4.78 is 6.80. The monoisotopic (exact) mass is 581 g/mol. The zero-order chi connectivity index (χ0) is 30.4. The lowest BCUT2D eigenvalue weighted by atomic mass is 9.97. The van der Waals surface area contributed by atoms with Crippen LogP contribution >= 0.6 is 0 Å². The molecule has 0 N–H and O–H groups in total. The molecule has 0 spiro atoms. The molecule has 0 radical (unpaired) electrons. The Morgan fingerprint density at radius 3 is 1.80 bits per heavy atom. The minimum absolute atomic E-state index is 1.02. The highest BCUT2D eigenvalue weighted by Crippen LogP contribution is 2.44. The molecule has 0 fully saturated rings. The average molecular weight is 582 g/mol. The maximum Gasteiger partial charge on any atom is 0.0991 e. The SMILES string of the molecule is C/C=C\C(=C/C)c1ccc2c3c1c(C)nn3c1cc(-c3ccccc3)cc3c1-n2c1ccc(-c2ccccc2)c2c(C)nn3c21. The first-order chi connectivity index (χ1) is 22.1. The molecular formula is C40H31N5. The highest BCUT2D eigenvalue weighted by Gasteiger charge is 2.28. The van der Waals surface area contributed by atoms with E-state index in [4.69, 9.17) is 10.2 Å². The molecule has 0 saturated heterocycles. The highest BCUT2D eigenvalue weighted by atomic mass is 15.3. The van der Waals surface area contributed by atoms with Crippen LogP contribution in [0.15, 0.2) is 115 Å². The highest BCUT2D eigenvalue weighted by molar-refractivity contribution is 6.13. The molecule has 9 rings (SSSR count). The number of hydrogen-bond acceptors (Lipinski definition) is 2. The molecule has 0 unspecified atom stereocenters. The van der Waals surface area contributed by atoms with Crippen LogP contribution in [0.5, 0.6) is 0 Å². The number of hydrogen-bond donors (Lipinski definition) is 0. The Labute approximate surface area is 260 Å². The topological polar surface area (TPSA) is 39.5 Å². The third-order valence-corrected chi connectivity index (χ3v) is 9.35. The van der Waals surface area contributed by atoms with Crippen molar-refractivity contribution < 1.29 is 0 Å². The smallest absolute Gasteiger partial charge is 0.0991 e. The van der Waals surface area contributed by atoms with E-state index in [9.17, 15) is 0 Å². The predicted octanol–water partition coefficient (Wildman–Crippen LogP) is 10.0. The second kappa shape index (κ2) is 9.41. The molecule has 0 saturated carbocycles. The molecule has 7 aromatic rings. The number of aryl methyl sites for hydroxylation is 2. The van der Waals surface area contributed by atoms with Crippen LogP contribution in [-0.4, -0.2) is 23.8 Å². The van der Waals surface area contributed by atoms with E-state index in [0.717, 1.165) is 61.3 Å². The van der Waals surface area contributed by atoms with Crippen LogP contribution in [0.4, 0.5) is 0 Å². The zero-order valence-electron chi connectivity index (χ0n) is 25.7. The maximum atomic E-state index is 5.24. The summed E-state index contributed by atoms with van der Waals surface area (Å²) in [4.78, 5) is 0. The molecule has 5 heteroatoms. The summed E-state index contributed by atoms with van der Waals surface area (Å²) in [7, 11) is 0. The second-order valence-electron chi connectivity index (χ2n) is 11.9. The first-order valence-electron chi connectivity index (χ1n) is 15.5. The summed E-state index contributed by atoms with van der Waals surface area (Å²) in [5.41, 5.74) is 16.8. The minimum atomic E-state index is 1.02. The van der Waals surface area contributed by atoms with Gasteiger partial charge in [-0.15, -0.1) is 0 Å². The Balaban J connectivity index is 1.55. The first-order valence-corrected chi connectivity index (χ1v) is 15.5. The molecule has 0 atom stereocenters. The van der Waals surface area contributed by atoms with Gasteiger partial charge >= 0.3 is 0 Å². The van der Waals surface area contributed by atoms with Crippen molar-refractivity contribution in [2.75, 3.05) is 0 Å². The van der Waals surface area contributed by atoms with Gasteiger partial charge in [0.2, 0.25) is 0 Å². The Morgan fingerprint density at radius 2 is 1.18 bits per heavy atom. The second-order valence-corrected chi connectivity index (χ2v) is 11.9. The quantitative estimate of drug-likeness (QED) is 0.118. The molecule has 2 aliphatic rings. The van der Waals surface area contributed by atoms with Crippen molar-refractivity contribution in [1.82, 2.24) is 23.8 Å². The summed E-state index contributed by atoms with van der Waals surface area (Å²) in [6.45, 7) is 8.44. The van der Waals surface area contributed by atoms with Crippen molar-refractivity contribution >= 4 is 49.4 Å². The van der Waals surface area contributed by atoms with E-state index >= 15 is 0 Å². The van der Waals surface area contributed by atoms with Gasteiger partial charge in [-0.2, -0.15) is 10.2 Å². The van der Waals surface area contributed by atoms with Gasteiger partial charge in [0, 0.05) is 10.8 Å². The molecule has 0 aliphatic carbocycles. The molecule has 45 heavy (non-hydrogen) atoms. The molecule has 0 bridgehead atoms. The molecule has 2 aliphatic heterocycles. The van der Waals surface area contributed by atoms with Crippen LogP contribution in [0.25, 0.3) is 77.4 Å². The van der Waals surface area contributed by atoms with E-state index in [1.54, 1.807) is 0 Å². The van der Waals surface area contributed by atoms with Gasteiger partial charge in [-0.1, -0.05) is 91.0 Å². The Hall–Kier alpha value is -5.68. The van der Waals surface area contributed by atoms with E-state index < -0.39 is 0 Å². The summed E-state index contributed by atoms with van der Waals surface area (Å²) in [5, 5.41) is 12.8. The van der Waals surface area contributed by atoms with Gasteiger partial charge in [0.25, 0.3) is 0 Å². The Kier molecular flexibility index (Phi) is 5.39. The van der Waals surface area contributed by atoms with Gasteiger partial charge < -0.3 is 4.57 Å². The number of nitrogens with zero attached hydrogens (tertiary/aromatic N) is 5. The van der Waals surface area contributed by atoms with Gasteiger partial charge in [-0.25, -0.2) is 9.03 Å². The van der Waals surface area contributed by atoms with Gasteiger partial charge in [-0.05, 0) is 85.4 Å². The fraction of sp³-hybridized carbons (Fsp3) is 0.100. The molecule has 2 aromatic heterocycles. The van der Waals surface area contributed by atoms with E-state index in [-0.39, 0.29) is 0 Å². The van der Waals surface area contributed by atoms with Crippen LogP contribution in [0.3, 0.4) is 0 Å². The molecule has 5 aromatic carbocycles. The summed E-state index contributed by atoms with van der Waals surface area (Å²) >= 11 is 0. The Morgan fingerprint density at radius 1 is 0.600 bits per heavy atom. The molecule has 216 valence electrons. The fourth-order valence-electron chi connectivity index (χ4n) is 7.48. The van der Waals surface area contributed by atoms with Gasteiger partial charge in [-0.3, -0.25) is 0 Å². The van der Waals surface area contributed by atoms with Crippen LogP contribution in [0.1, 0.15) is 30.8 Å². The molecule has 5 nitrogen and oxygen atoms in total.